The highest BCUT2D eigenvalue weighted by molar-refractivity contribution is 5.84. The lowest BCUT2D eigenvalue weighted by molar-refractivity contribution is 0.112. The van der Waals surface area contributed by atoms with Gasteiger partial charge in [0.2, 0.25) is 0 Å². The van der Waals surface area contributed by atoms with E-state index in [1.807, 2.05) is 6.07 Å². The van der Waals surface area contributed by atoms with E-state index in [-0.39, 0.29) is 0 Å². The minimum atomic E-state index is 0.302. The third-order valence-electron chi connectivity index (χ3n) is 5.11. The topological polar surface area (TPSA) is 20.3 Å². The molecule has 2 heteroatoms. The molecule has 0 heterocycles. The maximum atomic E-state index is 11.2. The predicted molar refractivity (Wildman–Crippen MR) is 104 cm³/mol. The van der Waals surface area contributed by atoms with E-state index in [0.29, 0.717) is 5.92 Å². The smallest absolute Gasteiger partial charge is 0.150 e. The largest absolute Gasteiger partial charge is 0.378 e. The Labute approximate surface area is 148 Å². The van der Waals surface area contributed by atoms with Crippen molar-refractivity contribution >= 4 is 12.0 Å². The zero-order valence-electron chi connectivity index (χ0n) is 14.6. The van der Waals surface area contributed by atoms with Crippen LogP contribution in [0.5, 0.6) is 0 Å². The summed E-state index contributed by atoms with van der Waals surface area (Å²) in [6, 6.07) is 23.4. The van der Waals surface area contributed by atoms with Crippen molar-refractivity contribution in [3.8, 4) is 11.1 Å². The molecule has 4 rings (SSSR count). The van der Waals surface area contributed by atoms with E-state index in [1.165, 1.54) is 33.5 Å². The average Bonchev–Trinajstić information content (AvgIpc) is 2.95. The molecule has 0 aliphatic heterocycles. The summed E-state index contributed by atoms with van der Waals surface area (Å²) < 4.78 is 0. The Balaban J connectivity index is 1.75. The summed E-state index contributed by atoms with van der Waals surface area (Å²) in [5.41, 5.74) is 8.45. The molecular formula is C23H21NO. The Hall–Kier alpha value is -2.87. The lowest BCUT2D eigenvalue weighted by atomic mass is 9.89. The van der Waals surface area contributed by atoms with Gasteiger partial charge in [-0.15, -0.1) is 0 Å². The van der Waals surface area contributed by atoms with Gasteiger partial charge in [0.1, 0.15) is 6.29 Å². The number of aldehydes is 1. The van der Waals surface area contributed by atoms with Crippen molar-refractivity contribution in [3.05, 3.63) is 89.0 Å². The molecule has 3 aromatic carbocycles. The fourth-order valence-corrected chi connectivity index (χ4v) is 3.79. The van der Waals surface area contributed by atoms with Gasteiger partial charge in [-0.05, 0) is 52.4 Å². The molecule has 0 saturated heterocycles. The van der Waals surface area contributed by atoms with E-state index >= 15 is 0 Å². The molecule has 0 fully saturated rings. The van der Waals surface area contributed by atoms with Crippen molar-refractivity contribution in [3.63, 3.8) is 0 Å². The second-order valence-corrected chi connectivity index (χ2v) is 6.87. The number of hydrogen-bond donors (Lipinski definition) is 0. The summed E-state index contributed by atoms with van der Waals surface area (Å²) >= 11 is 0. The van der Waals surface area contributed by atoms with Crippen LogP contribution >= 0.6 is 0 Å². The number of carbonyl (C=O) groups excluding carboxylic acids is 1. The Morgan fingerprint density at radius 3 is 2.32 bits per heavy atom. The molecule has 0 bridgehead atoms. The van der Waals surface area contributed by atoms with Crippen LogP contribution in [0.1, 0.15) is 33.0 Å². The zero-order chi connectivity index (χ0) is 17.4. The standard InChI is InChI=1S/C23H21NO/c1-24(2)18-10-7-16(8-11-18)13-22-20-6-4-3-5-19(20)21-12-9-17(15-25)14-23(21)22/h3-12,14-15,22H,13H2,1-2H3. The highest BCUT2D eigenvalue weighted by Crippen LogP contribution is 2.46. The first-order valence-corrected chi connectivity index (χ1v) is 8.62. The van der Waals surface area contributed by atoms with E-state index < -0.39 is 0 Å². The van der Waals surface area contributed by atoms with Crippen molar-refractivity contribution < 1.29 is 4.79 Å². The van der Waals surface area contributed by atoms with Gasteiger partial charge in [0.05, 0.1) is 0 Å². The molecule has 0 spiro atoms. The van der Waals surface area contributed by atoms with E-state index in [2.05, 4.69) is 79.7 Å². The predicted octanol–water partition coefficient (Wildman–Crippen LogP) is 4.92. The molecule has 0 amide bonds. The minimum Gasteiger partial charge on any atom is -0.378 e. The maximum absolute atomic E-state index is 11.2. The average molecular weight is 327 g/mol. The van der Waals surface area contributed by atoms with Gasteiger partial charge in [-0.3, -0.25) is 4.79 Å². The molecule has 25 heavy (non-hydrogen) atoms. The van der Waals surface area contributed by atoms with Crippen molar-refractivity contribution in [1.82, 2.24) is 0 Å². The van der Waals surface area contributed by atoms with E-state index in [0.717, 1.165) is 18.3 Å². The third kappa shape index (κ3) is 2.74. The van der Waals surface area contributed by atoms with E-state index in [1.54, 1.807) is 0 Å². The Morgan fingerprint density at radius 2 is 1.60 bits per heavy atom. The first kappa shape index (κ1) is 15.6. The van der Waals surface area contributed by atoms with Crippen LogP contribution in [-0.2, 0) is 6.42 Å². The molecule has 1 unspecified atom stereocenters. The minimum absolute atomic E-state index is 0.302. The SMILES string of the molecule is CN(C)c1ccc(CC2c3ccccc3-c3ccc(C=O)cc32)cc1. The fourth-order valence-electron chi connectivity index (χ4n) is 3.79. The Bertz CT molecular complexity index is 925. The molecule has 1 aliphatic carbocycles. The second-order valence-electron chi connectivity index (χ2n) is 6.87. The van der Waals surface area contributed by atoms with Crippen molar-refractivity contribution in [2.45, 2.75) is 12.3 Å². The van der Waals surface area contributed by atoms with Gasteiger partial charge in [0.15, 0.2) is 0 Å². The fraction of sp³-hybridized carbons (Fsp3) is 0.174. The molecule has 3 aromatic rings. The lowest BCUT2D eigenvalue weighted by Gasteiger charge is -2.16. The van der Waals surface area contributed by atoms with Crippen LogP contribution in [-0.4, -0.2) is 20.4 Å². The summed E-state index contributed by atoms with van der Waals surface area (Å²) in [4.78, 5) is 13.4. The summed E-state index contributed by atoms with van der Waals surface area (Å²) in [5, 5.41) is 0. The molecule has 1 atom stereocenters. The quantitative estimate of drug-likeness (QED) is 0.634. The zero-order valence-corrected chi connectivity index (χ0v) is 14.6. The van der Waals surface area contributed by atoms with Crippen LogP contribution in [0.15, 0.2) is 66.7 Å². The van der Waals surface area contributed by atoms with Crippen molar-refractivity contribution in [1.29, 1.82) is 0 Å². The normalized spacial score (nSPS) is 14.7. The monoisotopic (exact) mass is 327 g/mol. The lowest BCUT2D eigenvalue weighted by Crippen LogP contribution is -2.08. The van der Waals surface area contributed by atoms with Crippen LogP contribution in [0.3, 0.4) is 0 Å². The Morgan fingerprint density at radius 1 is 0.880 bits per heavy atom. The summed E-state index contributed by atoms with van der Waals surface area (Å²) in [5.74, 6) is 0.302. The molecule has 0 saturated carbocycles. The third-order valence-corrected chi connectivity index (χ3v) is 5.11. The first-order valence-electron chi connectivity index (χ1n) is 8.62. The number of rotatable bonds is 4. The second kappa shape index (κ2) is 6.21. The molecule has 0 radical (unpaired) electrons. The maximum Gasteiger partial charge on any atom is 0.150 e. The van der Waals surface area contributed by atoms with E-state index in [9.17, 15) is 4.79 Å². The van der Waals surface area contributed by atoms with Crippen LogP contribution in [0.4, 0.5) is 5.69 Å². The van der Waals surface area contributed by atoms with Gasteiger partial charge < -0.3 is 4.90 Å². The molecule has 0 N–H and O–H groups in total. The van der Waals surface area contributed by atoms with Crippen molar-refractivity contribution in [2.75, 3.05) is 19.0 Å². The van der Waals surface area contributed by atoms with Crippen LogP contribution in [0, 0.1) is 0 Å². The van der Waals surface area contributed by atoms with E-state index in [4.69, 9.17) is 0 Å². The number of anilines is 1. The van der Waals surface area contributed by atoms with Gasteiger partial charge in [0.25, 0.3) is 0 Å². The number of hydrogen-bond acceptors (Lipinski definition) is 2. The summed E-state index contributed by atoms with van der Waals surface area (Å²) in [6.07, 6.45) is 1.88. The highest BCUT2D eigenvalue weighted by Gasteiger charge is 2.28. The summed E-state index contributed by atoms with van der Waals surface area (Å²) in [6.45, 7) is 0. The number of benzene rings is 3. The molecule has 124 valence electrons. The number of nitrogens with zero attached hydrogens (tertiary/aromatic N) is 1. The highest BCUT2D eigenvalue weighted by atomic mass is 16.1. The van der Waals surface area contributed by atoms with Crippen LogP contribution < -0.4 is 4.90 Å². The first-order chi connectivity index (χ1) is 12.2. The summed E-state index contributed by atoms with van der Waals surface area (Å²) in [7, 11) is 4.11. The molecular weight excluding hydrogens is 306 g/mol. The Kier molecular flexibility index (Phi) is 3.89. The van der Waals surface area contributed by atoms with Crippen molar-refractivity contribution in [2.24, 2.45) is 0 Å². The number of carbonyl (C=O) groups is 1. The molecule has 0 aromatic heterocycles. The van der Waals surface area contributed by atoms with Gasteiger partial charge in [0, 0.05) is 31.3 Å². The van der Waals surface area contributed by atoms with Gasteiger partial charge in [-0.25, -0.2) is 0 Å². The molecule has 2 nitrogen and oxygen atoms in total. The molecule has 1 aliphatic rings. The van der Waals surface area contributed by atoms with Gasteiger partial charge >= 0.3 is 0 Å². The van der Waals surface area contributed by atoms with Crippen LogP contribution in [0.2, 0.25) is 0 Å². The van der Waals surface area contributed by atoms with Crippen LogP contribution in [0.25, 0.3) is 11.1 Å². The van der Waals surface area contributed by atoms with Gasteiger partial charge in [-0.2, -0.15) is 0 Å². The number of fused-ring (bicyclic) bond motifs is 3. The van der Waals surface area contributed by atoms with Gasteiger partial charge in [-0.1, -0.05) is 48.5 Å².